The van der Waals surface area contributed by atoms with E-state index in [0.29, 0.717) is 16.8 Å². The number of ether oxygens (including phenoxy) is 1. The number of nitro groups is 1. The molecule has 3 rings (SSSR count). The van der Waals surface area contributed by atoms with Gasteiger partial charge in [0, 0.05) is 30.2 Å². The lowest BCUT2D eigenvalue weighted by Crippen LogP contribution is -1.98. The van der Waals surface area contributed by atoms with Crippen LogP contribution in [-0.2, 0) is 0 Å². The highest BCUT2D eigenvalue weighted by molar-refractivity contribution is 5.75. The van der Waals surface area contributed by atoms with Gasteiger partial charge < -0.3 is 4.74 Å². The molecule has 0 amide bonds. The van der Waals surface area contributed by atoms with Crippen molar-refractivity contribution in [2.24, 2.45) is 0 Å². The third-order valence-corrected chi connectivity index (χ3v) is 2.93. The van der Waals surface area contributed by atoms with Gasteiger partial charge in [-0.15, -0.1) is 0 Å². The lowest BCUT2D eigenvalue weighted by Gasteiger charge is -2.07. The topological polar surface area (TPSA) is 91.0 Å². The molecule has 3 aromatic rings. The van der Waals surface area contributed by atoms with E-state index >= 15 is 0 Å². The molecule has 7 heteroatoms. The van der Waals surface area contributed by atoms with Crippen LogP contribution in [0.2, 0.25) is 0 Å². The molecule has 2 heterocycles. The van der Waals surface area contributed by atoms with E-state index in [4.69, 9.17) is 4.74 Å². The van der Waals surface area contributed by atoms with Crippen molar-refractivity contribution in [3.05, 3.63) is 58.5 Å². The van der Waals surface area contributed by atoms with E-state index in [1.165, 1.54) is 6.20 Å². The van der Waals surface area contributed by atoms with Crippen LogP contribution in [-0.4, -0.2) is 19.9 Å². The Labute approximate surface area is 119 Å². The van der Waals surface area contributed by atoms with E-state index < -0.39 is 4.92 Å². The van der Waals surface area contributed by atoms with Crippen LogP contribution in [0.25, 0.3) is 11.0 Å². The zero-order valence-corrected chi connectivity index (χ0v) is 11.1. The fourth-order valence-electron chi connectivity index (χ4n) is 1.94. The van der Waals surface area contributed by atoms with E-state index in [0.717, 1.165) is 5.52 Å². The molecule has 0 aliphatic carbocycles. The highest BCUT2D eigenvalue weighted by Crippen LogP contribution is 2.32. The second-order valence-corrected chi connectivity index (χ2v) is 4.35. The van der Waals surface area contributed by atoms with Crippen LogP contribution in [0.3, 0.4) is 0 Å². The Bertz CT molecular complexity index is 835. The predicted octanol–water partition coefficient (Wildman–Crippen LogP) is 3.03. The summed E-state index contributed by atoms with van der Waals surface area (Å²) >= 11 is 0. The number of benzene rings is 1. The summed E-state index contributed by atoms with van der Waals surface area (Å²) in [5.41, 5.74) is 1.71. The summed E-state index contributed by atoms with van der Waals surface area (Å²) in [6.07, 6.45) is 4.63. The molecule has 7 nitrogen and oxygen atoms in total. The summed E-state index contributed by atoms with van der Waals surface area (Å²) in [5, 5.41) is 11.1. The molecule has 0 fully saturated rings. The van der Waals surface area contributed by atoms with Crippen molar-refractivity contribution in [3.63, 3.8) is 0 Å². The van der Waals surface area contributed by atoms with Gasteiger partial charge in [0.1, 0.15) is 5.75 Å². The van der Waals surface area contributed by atoms with E-state index in [2.05, 4.69) is 15.0 Å². The summed E-state index contributed by atoms with van der Waals surface area (Å²) in [7, 11) is 0. The van der Waals surface area contributed by atoms with Crippen molar-refractivity contribution >= 4 is 16.7 Å². The molecule has 0 atom stereocenters. The third kappa shape index (κ3) is 2.48. The predicted molar refractivity (Wildman–Crippen MR) is 75.2 cm³/mol. The van der Waals surface area contributed by atoms with Crippen molar-refractivity contribution in [2.75, 3.05) is 0 Å². The van der Waals surface area contributed by atoms with E-state index in [1.54, 1.807) is 43.6 Å². The van der Waals surface area contributed by atoms with Gasteiger partial charge in [0.25, 0.3) is 5.88 Å². The zero-order valence-electron chi connectivity index (χ0n) is 11.1. The van der Waals surface area contributed by atoms with Crippen molar-refractivity contribution in [1.29, 1.82) is 0 Å². The Morgan fingerprint density at radius 3 is 2.57 bits per heavy atom. The van der Waals surface area contributed by atoms with Crippen LogP contribution in [0, 0.1) is 17.0 Å². The molecule has 0 bridgehead atoms. The Kier molecular flexibility index (Phi) is 3.15. The molecular weight excluding hydrogens is 272 g/mol. The van der Waals surface area contributed by atoms with E-state index in [-0.39, 0.29) is 11.6 Å². The van der Waals surface area contributed by atoms with Gasteiger partial charge in [0.05, 0.1) is 16.0 Å². The number of aryl methyl sites for hydroxylation is 1. The van der Waals surface area contributed by atoms with E-state index in [9.17, 15) is 10.1 Å². The number of rotatable bonds is 3. The summed E-state index contributed by atoms with van der Waals surface area (Å²) < 4.78 is 5.54. The SMILES string of the molecule is Cc1ccnc(Oc2ccc3nccnc3c2)c1[N+](=O)[O-]. The smallest absolute Gasteiger partial charge is 0.334 e. The Morgan fingerprint density at radius 1 is 1.05 bits per heavy atom. The first-order valence-corrected chi connectivity index (χ1v) is 6.14. The standard InChI is InChI=1S/C14H10N4O3/c1-9-4-5-17-14(13(9)18(19)20)21-10-2-3-11-12(8-10)16-7-6-15-11/h2-8H,1H3. The zero-order chi connectivity index (χ0) is 14.8. The molecule has 2 aromatic heterocycles. The van der Waals surface area contributed by atoms with Crippen LogP contribution in [0.4, 0.5) is 5.69 Å². The lowest BCUT2D eigenvalue weighted by atomic mass is 10.2. The highest BCUT2D eigenvalue weighted by atomic mass is 16.6. The largest absolute Gasteiger partial charge is 0.434 e. The number of hydrogen-bond donors (Lipinski definition) is 0. The van der Waals surface area contributed by atoms with Crippen molar-refractivity contribution < 1.29 is 9.66 Å². The van der Waals surface area contributed by atoms with Crippen LogP contribution >= 0.6 is 0 Å². The average molecular weight is 282 g/mol. The molecule has 104 valence electrons. The first-order chi connectivity index (χ1) is 10.1. The Hall–Kier alpha value is -3.09. The molecule has 0 aliphatic rings. The third-order valence-electron chi connectivity index (χ3n) is 2.93. The van der Waals surface area contributed by atoms with Gasteiger partial charge in [-0.25, -0.2) is 4.98 Å². The average Bonchev–Trinajstić information content (AvgIpc) is 2.47. The second kappa shape index (κ2) is 5.12. The second-order valence-electron chi connectivity index (χ2n) is 4.35. The fraction of sp³-hybridized carbons (Fsp3) is 0.0714. The molecular formula is C14H10N4O3. The Balaban J connectivity index is 2.02. The van der Waals surface area contributed by atoms with Crippen LogP contribution in [0.15, 0.2) is 42.9 Å². The van der Waals surface area contributed by atoms with Crippen molar-refractivity contribution in [1.82, 2.24) is 15.0 Å². The van der Waals surface area contributed by atoms with Gasteiger partial charge in [-0.3, -0.25) is 20.1 Å². The maximum absolute atomic E-state index is 11.1. The number of nitrogens with zero attached hydrogens (tertiary/aromatic N) is 4. The minimum Gasteiger partial charge on any atom is -0.434 e. The molecule has 21 heavy (non-hydrogen) atoms. The monoisotopic (exact) mass is 282 g/mol. The molecule has 0 radical (unpaired) electrons. The summed E-state index contributed by atoms with van der Waals surface area (Å²) in [5.74, 6) is 0.382. The molecule has 1 aromatic carbocycles. The van der Waals surface area contributed by atoms with Gasteiger partial charge in [-0.1, -0.05) is 0 Å². The summed E-state index contributed by atoms with van der Waals surface area (Å²) in [6.45, 7) is 1.64. The summed E-state index contributed by atoms with van der Waals surface area (Å²) in [6, 6.07) is 6.64. The molecule has 0 aliphatic heterocycles. The molecule has 0 N–H and O–H groups in total. The van der Waals surface area contributed by atoms with Gasteiger partial charge in [-0.05, 0) is 25.1 Å². The number of hydrogen-bond acceptors (Lipinski definition) is 6. The number of fused-ring (bicyclic) bond motifs is 1. The minimum absolute atomic E-state index is 0.0387. The quantitative estimate of drug-likeness (QED) is 0.541. The maximum atomic E-state index is 11.1. The molecule has 0 saturated carbocycles. The maximum Gasteiger partial charge on any atom is 0.334 e. The molecule has 0 spiro atoms. The van der Waals surface area contributed by atoms with Gasteiger partial charge in [-0.2, -0.15) is 0 Å². The van der Waals surface area contributed by atoms with Crippen molar-refractivity contribution in [3.8, 4) is 11.6 Å². The van der Waals surface area contributed by atoms with Gasteiger partial charge in [0.2, 0.25) is 0 Å². The summed E-state index contributed by atoms with van der Waals surface area (Å²) in [4.78, 5) is 22.9. The van der Waals surface area contributed by atoms with Gasteiger partial charge >= 0.3 is 5.69 Å². The van der Waals surface area contributed by atoms with Crippen molar-refractivity contribution in [2.45, 2.75) is 6.92 Å². The normalized spacial score (nSPS) is 10.5. The van der Waals surface area contributed by atoms with Crippen LogP contribution < -0.4 is 4.74 Å². The van der Waals surface area contributed by atoms with Crippen LogP contribution in [0.5, 0.6) is 11.6 Å². The highest BCUT2D eigenvalue weighted by Gasteiger charge is 2.20. The molecule has 0 saturated heterocycles. The number of pyridine rings is 1. The number of aromatic nitrogens is 3. The first-order valence-electron chi connectivity index (χ1n) is 6.14. The van der Waals surface area contributed by atoms with Gasteiger partial charge in [0.15, 0.2) is 0 Å². The lowest BCUT2D eigenvalue weighted by molar-refractivity contribution is -0.386. The first kappa shape index (κ1) is 12.9. The molecule has 0 unspecified atom stereocenters. The minimum atomic E-state index is -0.501. The van der Waals surface area contributed by atoms with Crippen LogP contribution in [0.1, 0.15) is 5.56 Å². The Morgan fingerprint density at radius 2 is 1.81 bits per heavy atom. The fourth-order valence-corrected chi connectivity index (χ4v) is 1.94. The van der Waals surface area contributed by atoms with E-state index in [1.807, 2.05) is 0 Å².